The first kappa shape index (κ1) is 85.3. The number of carbonyl (C=O) groups is 1. The van der Waals surface area contributed by atoms with Gasteiger partial charge in [-0.1, -0.05) is 347 Å². The minimum atomic E-state index is -1.58. The maximum absolute atomic E-state index is 13.2. The Morgan fingerprint density at radius 3 is 1.05 bits per heavy atom. The fraction of sp³-hybridized carbons (Fsp3) is 0.720. The van der Waals surface area contributed by atoms with Crippen LogP contribution < -0.4 is 5.32 Å². The molecule has 0 spiro atoms. The van der Waals surface area contributed by atoms with Crippen LogP contribution in [-0.2, 0) is 14.3 Å². The molecule has 1 saturated heterocycles. The number of aliphatic hydroxyl groups is 5. The van der Waals surface area contributed by atoms with E-state index >= 15 is 0 Å². The Morgan fingerprint density at radius 1 is 0.385 bits per heavy atom. The lowest BCUT2D eigenvalue weighted by molar-refractivity contribution is -0.302. The standard InChI is InChI=1S/C82H141NO8/c1-3-5-7-9-11-13-15-17-19-21-23-25-27-29-31-32-33-34-35-36-37-38-39-40-41-42-43-44-46-48-50-52-54-56-58-60-62-64-66-68-70-72-78(86)83-75(74-90-82-81(89)80(88)79(87)77(73-84)91-82)76(85)71-69-67-65-63-61-59-57-55-53-51-49-47-45-30-28-26-24-22-20-18-16-14-12-10-8-6-4-2/h5,7,11,13,17,19,23,25,29,31,33-34,36-37,39-40,42-43,61,63,69,71,75-77,79-82,84-85,87-89H,3-4,6,8-10,12,14-16,18,20-22,24,26-28,30,32,35,38,41,44-60,62,64-68,70,72-74H2,1-2H3,(H,83,86)/b7-5-,13-11-,19-17-,25-23-,31-29-,34-33-,37-36-,40-39-,43-42-,63-61+,71-69+. The molecule has 0 aliphatic carbocycles. The molecule has 7 unspecified atom stereocenters. The van der Waals surface area contributed by atoms with Gasteiger partial charge < -0.3 is 40.3 Å². The molecule has 91 heavy (non-hydrogen) atoms. The van der Waals surface area contributed by atoms with Crippen molar-refractivity contribution in [3.05, 3.63) is 134 Å². The summed E-state index contributed by atoms with van der Waals surface area (Å²) in [6.07, 6.45) is 98.6. The number of nitrogens with one attached hydrogen (secondary N) is 1. The van der Waals surface area contributed by atoms with Gasteiger partial charge in [0.1, 0.15) is 24.4 Å². The minimum absolute atomic E-state index is 0.189. The van der Waals surface area contributed by atoms with Crippen LogP contribution in [0.1, 0.15) is 322 Å². The molecule has 0 aromatic carbocycles. The summed E-state index contributed by atoms with van der Waals surface area (Å²) in [6, 6.07) is -0.832. The highest BCUT2D eigenvalue weighted by Crippen LogP contribution is 2.23. The molecular formula is C82H141NO8. The number of amides is 1. The van der Waals surface area contributed by atoms with Crippen LogP contribution >= 0.6 is 0 Å². The molecule has 1 fully saturated rings. The first-order chi connectivity index (χ1) is 44.8. The molecule has 9 heteroatoms. The molecule has 1 aliphatic rings. The third kappa shape index (κ3) is 57.5. The Bertz CT molecular complexity index is 1910. The monoisotopic (exact) mass is 1270 g/mol. The van der Waals surface area contributed by atoms with Crippen molar-refractivity contribution in [2.24, 2.45) is 0 Å². The van der Waals surface area contributed by atoms with Gasteiger partial charge in [0.25, 0.3) is 0 Å². The van der Waals surface area contributed by atoms with E-state index in [-0.39, 0.29) is 12.5 Å². The molecule has 0 saturated carbocycles. The molecule has 1 aliphatic heterocycles. The third-order valence-corrected chi connectivity index (χ3v) is 17.2. The summed E-state index contributed by atoms with van der Waals surface area (Å²) < 4.78 is 11.3. The van der Waals surface area contributed by atoms with E-state index in [1.165, 1.54) is 205 Å². The van der Waals surface area contributed by atoms with Gasteiger partial charge in [-0.05, 0) is 103 Å². The Morgan fingerprint density at radius 2 is 0.692 bits per heavy atom. The van der Waals surface area contributed by atoms with Gasteiger partial charge in [0.15, 0.2) is 6.29 Å². The highest BCUT2D eigenvalue weighted by atomic mass is 16.7. The van der Waals surface area contributed by atoms with Gasteiger partial charge in [0, 0.05) is 6.42 Å². The summed E-state index contributed by atoms with van der Waals surface area (Å²) in [7, 11) is 0. The minimum Gasteiger partial charge on any atom is -0.394 e. The quantitative estimate of drug-likeness (QED) is 0.0261. The molecule has 0 aromatic rings. The van der Waals surface area contributed by atoms with Crippen LogP contribution in [0.5, 0.6) is 0 Å². The number of hydrogen-bond acceptors (Lipinski definition) is 8. The lowest BCUT2D eigenvalue weighted by atomic mass is 9.99. The second-order valence-electron chi connectivity index (χ2n) is 25.7. The number of unbranched alkanes of at least 4 members (excludes halogenated alkanes) is 35. The van der Waals surface area contributed by atoms with Crippen LogP contribution in [0.2, 0.25) is 0 Å². The van der Waals surface area contributed by atoms with Crippen molar-refractivity contribution in [2.75, 3.05) is 13.2 Å². The predicted octanol–water partition coefficient (Wildman–Crippen LogP) is 21.5. The van der Waals surface area contributed by atoms with Gasteiger partial charge in [0.05, 0.1) is 25.4 Å². The van der Waals surface area contributed by atoms with E-state index in [4.69, 9.17) is 9.47 Å². The molecule has 9 nitrogen and oxygen atoms in total. The van der Waals surface area contributed by atoms with Crippen molar-refractivity contribution >= 4 is 5.91 Å². The first-order valence-electron chi connectivity index (χ1n) is 37.9. The summed E-state index contributed by atoms with van der Waals surface area (Å²) in [5.74, 6) is -0.189. The summed E-state index contributed by atoms with van der Waals surface area (Å²) >= 11 is 0. The maximum Gasteiger partial charge on any atom is 0.220 e. The third-order valence-electron chi connectivity index (χ3n) is 17.2. The Hall–Kier alpha value is -3.67. The van der Waals surface area contributed by atoms with E-state index < -0.39 is 49.5 Å². The van der Waals surface area contributed by atoms with Gasteiger partial charge >= 0.3 is 0 Å². The first-order valence-corrected chi connectivity index (χ1v) is 37.9. The van der Waals surface area contributed by atoms with Crippen molar-refractivity contribution in [3.8, 4) is 0 Å². The smallest absolute Gasteiger partial charge is 0.220 e. The van der Waals surface area contributed by atoms with Crippen LogP contribution in [0.15, 0.2) is 134 Å². The number of aliphatic hydroxyl groups excluding tert-OH is 5. The molecule has 0 radical (unpaired) electrons. The van der Waals surface area contributed by atoms with E-state index in [2.05, 4.69) is 141 Å². The molecule has 1 amide bonds. The number of rotatable bonds is 65. The second kappa shape index (κ2) is 69.2. The van der Waals surface area contributed by atoms with Gasteiger partial charge in [0.2, 0.25) is 5.91 Å². The molecular weight excluding hydrogens is 1130 g/mol. The van der Waals surface area contributed by atoms with Crippen LogP contribution in [0, 0.1) is 0 Å². The zero-order valence-corrected chi connectivity index (χ0v) is 58.6. The molecule has 1 rings (SSSR count). The van der Waals surface area contributed by atoms with Crippen molar-refractivity contribution in [1.82, 2.24) is 5.32 Å². The Labute approximate surface area is 560 Å². The molecule has 1 heterocycles. The van der Waals surface area contributed by atoms with Crippen LogP contribution in [0.3, 0.4) is 0 Å². The topological polar surface area (TPSA) is 149 Å². The van der Waals surface area contributed by atoms with Crippen LogP contribution in [0.25, 0.3) is 0 Å². The van der Waals surface area contributed by atoms with Crippen LogP contribution in [-0.4, -0.2) is 87.5 Å². The summed E-state index contributed by atoms with van der Waals surface area (Å²) in [5.41, 5.74) is 0. The average molecular weight is 1270 g/mol. The molecule has 6 N–H and O–H groups in total. The predicted molar refractivity (Wildman–Crippen MR) is 391 cm³/mol. The normalized spacial score (nSPS) is 18.5. The summed E-state index contributed by atoms with van der Waals surface area (Å²) in [4.78, 5) is 13.2. The van der Waals surface area contributed by atoms with E-state index in [0.717, 1.165) is 96.3 Å². The van der Waals surface area contributed by atoms with Gasteiger partial charge in [-0.3, -0.25) is 4.79 Å². The van der Waals surface area contributed by atoms with Crippen molar-refractivity contribution in [3.63, 3.8) is 0 Å². The molecule has 7 atom stereocenters. The number of ether oxygens (including phenoxy) is 2. The van der Waals surface area contributed by atoms with Crippen molar-refractivity contribution < 1.29 is 39.8 Å². The molecule has 0 aromatic heterocycles. The van der Waals surface area contributed by atoms with E-state index in [0.29, 0.717) is 6.42 Å². The highest BCUT2D eigenvalue weighted by Gasteiger charge is 2.44. The SMILES string of the molecule is CC/C=C\C/C=C\C/C=C\C/C=C\C/C=C\C/C=C\C/C=C\C/C=C\C/C=C\CCCCCCCCCCCCCCCC(=O)NC(COC1OC(CO)C(O)C(O)C1O)C(O)/C=C/CC/C=C/CCCCCCCCCCCCCCCCCCCCCCC. The van der Waals surface area contributed by atoms with Gasteiger partial charge in [-0.25, -0.2) is 0 Å². The lowest BCUT2D eigenvalue weighted by Crippen LogP contribution is -2.60. The Kier molecular flexibility index (Phi) is 64.9. The van der Waals surface area contributed by atoms with Crippen LogP contribution in [0.4, 0.5) is 0 Å². The lowest BCUT2D eigenvalue weighted by Gasteiger charge is -2.40. The van der Waals surface area contributed by atoms with E-state index in [9.17, 15) is 30.3 Å². The molecule has 522 valence electrons. The summed E-state index contributed by atoms with van der Waals surface area (Å²) in [6.45, 7) is 3.68. The van der Waals surface area contributed by atoms with E-state index in [1.807, 2.05) is 6.08 Å². The second-order valence-corrected chi connectivity index (χ2v) is 25.7. The number of hydrogen-bond donors (Lipinski definition) is 6. The Balaban J connectivity index is 2.13. The largest absolute Gasteiger partial charge is 0.394 e. The fourth-order valence-corrected chi connectivity index (χ4v) is 11.3. The number of allylic oxidation sites excluding steroid dienone is 21. The summed E-state index contributed by atoms with van der Waals surface area (Å²) in [5, 5.41) is 54.8. The average Bonchev–Trinajstić information content (AvgIpc) is 1.58. The molecule has 0 bridgehead atoms. The van der Waals surface area contributed by atoms with Gasteiger partial charge in [-0.15, -0.1) is 0 Å². The van der Waals surface area contributed by atoms with Crippen molar-refractivity contribution in [1.29, 1.82) is 0 Å². The zero-order chi connectivity index (χ0) is 65.7. The fourth-order valence-electron chi connectivity index (χ4n) is 11.3. The highest BCUT2D eigenvalue weighted by molar-refractivity contribution is 5.76. The van der Waals surface area contributed by atoms with Gasteiger partial charge in [-0.2, -0.15) is 0 Å². The van der Waals surface area contributed by atoms with Crippen molar-refractivity contribution in [2.45, 2.75) is 365 Å². The zero-order valence-electron chi connectivity index (χ0n) is 58.6. The maximum atomic E-state index is 13.2. The number of carbonyl (C=O) groups excluding carboxylic acids is 1. The van der Waals surface area contributed by atoms with E-state index in [1.54, 1.807) is 6.08 Å².